The summed E-state index contributed by atoms with van der Waals surface area (Å²) in [5, 5.41) is 0. The van der Waals surface area contributed by atoms with Gasteiger partial charge in [0.25, 0.3) is 0 Å². The van der Waals surface area contributed by atoms with Gasteiger partial charge in [-0.25, -0.2) is 4.79 Å². The van der Waals surface area contributed by atoms with E-state index in [0.717, 1.165) is 32.6 Å². The van der Waals surface area contributed by atoms with Gasteiger partial charge < -0.3 is 9.80 Å². The monoisotopic (exact) mass is 218 g/mol. The molecular formula is C13H18N2O. The number of hydrogen-bond acceptors (Lipinski definition) is 1. The molecule has 0 unspecified atom stereocenters. The fourth-order valence-electron chi connectivity index (χ4n) is 2.06. The highest BCUT2D eigenvalue weighted by atomic mass is 16.2. The normalized spacial score (nSPS) is 15.9. The SMILES string of the molecule is CCCN1CCN(Cc2ccccc2)C1=O. The van der Waals surface area contributed by atoms with E-state index < -0.39 is 0 Å². The number of hydrogen-bond donors (Lipinski definition) is 0. The van der Waals surface area contributed by atoms with E-state index in [1.165, 1.54) is 5.56 Å². The molecule has 2 amide bonds. The summed E-state index contributed by atoms with van der Waals surface area (Å²) in [5.41, 5.74) is 1.20. The van der Waals surface area contributed by atoms with E-state index in [-0.39, 0.29) is 6.03 Å². The molecule has 0 saturated carbocycles. The minimum atomic E-state index is 0.186. The van der Waals surface area contributed by atoms with Crippen LogP contribution in [0, 0.1) is 0 Å². The summed E-state index contributed by atoms with van der Waals surface area (Å²) in [4.78, 5) is 15.8. The maximum atomic E-state index is 12.0. The number of urea groups is 1. The van der Waals surface area contributed by atoms with Gasteiger partial charge in [0.2, 0.25) is 0 Å². The lowest BCUT2D eigenvalue weighted by atomic mass is 10.2. The summed E-state index contributed by atoms with van der Waals surface area (Å²) in [7, 11) is 0. The summed E-state index contributed by atoms with van der Waals surface area (Å²) < 4.78 is 0. The third-order valence-electron chi connectivity index (χ3n) is 2.89. The average molecular weight is 218 g/mol. The van der Waals surface area contributed by atoms with Crippen molar-refractivity contribution in [1.29, 1.82) is 0 Å². The maximum Gasteiger partial charge on any atom is 0.320 e. The third kappa shape index (κ3) is 2.35. The Labute approximate surface area is 96.7 Å². The molecule has 0 aliphatic carbocycles. The van der Waals surface area contributed by atoms with Gasteiger partial charge in [0.1, 0.15) is 0 Å². The quantitative estimate of drug-likeness (QED) is 0.761. The Bertz CT molecular complexity index is 350. The zero-order valence-corrected chi connectivity index (χ0v) is 9.72. The fraction of sp³-hybridized carbons (Fsp3) is 0.462. The van der Waals surface area contributed by atoms with E-state index in [1.54, 1.807) is 0 Å². The minimum Gasteiger partial charge on any atom is -0.323 e. The van der Waals surface area contributed by atoms with Gasteiger partial charge in [-0.2, -0.15) is 0 Å². The smallest absolute Gasteiger partial charge is 0.320 e. The van der Waals surface area contributed by atoms with Crippen LogP contribution in [-0.4, -0.2) is 35.5 Å². The zero-order valence-electron chi connectivity index (χ0n) is 9.72. The molecule has 1 saturated heterocycles. The Balaban J connectivity index is 1.95. The largest absolute Gasteiger partial charge is 0.323 e. The Kier molecular flexibility index (Phi) is 3.44. The lowest BCUT2D eigenvalue weighted by Gasteiger charge is -2.18. The molecule has 16 heavy (non-hydrogen) atoms. The molecule has 0 N–H and O–H groups in total. The zero-order chi connectivity index (χ0) is 11.4. The summed E-state index contributed by atoms with van der Waals surface area (Å²) in [6.45, 7) is 5.45. The van der Waals surface area contributed by atoms with Crippen molar-refractivity contribution >= 4 is 6.03 Å². The molecule has 0 radical (unpaired) electrons. The first kappa shape index (κ1) is 11.0. The first-order valence-corrected chi connectivity index (χ1v) is 5.89. The van der Waals surface area contributed by atoms with Crippen molar-refractivity contribution in [3.63, 3.8) is 0 Å². The lowest BCUT2D eigenvalue weighted by molar-refractivity contribution is 0.190. The summed E-state index contributed by atoms with van der Waals surface area (Å²) in [6, 6.07) is 10.3. The molecule has 1 aliphatic rings. The van der Waals surface area contributed by atoms with Crippen molar-refractivity contribution in [2.45, 2.75) is 19.9 Å². The molecule has 1 aromatic carbocycles. The molecule has 0 aromatic heterocycles. The topological polar surface area (TPSA) is 23.6 Å². The van der Waals surface area contributed by atoms with Gasteiger partial charge in [-0.1, -0.05) is 37.3 Å². The average Bonchev–Trinajstić information content (AvgIpc) is 2.64. The predicted molar refractivity (Wildman–Crippen MR) is 64.1 cm³/mol. The van der Waals surface area contributed by atoms with E-state index in [1.807, 2.05) is 28.0 Å². The van der Waals surface area contributed by atoms with Crippen LogP contribution in [0.4, 0.5) is 4.79 Å². The first-order valence-electron chi connectivity index (χ1n) is 5.89. The molecule has 3 nitrogen and oxygen atoms in total. The Morgan fingerprint density at radius 1 is 1.12 bits per heavy atom. The molecule has 2 rings (SSSR count). The Morgan fingerprint density at radius 2 is 1.81 bits per heavy atom. The van der Waals surface area contributed by atoms with Crippen LogP contribution in [0.2, 0.25) is 0 Å². The second-order valence-corrected chi connectivity index (χ2v) is 4.18. The van der Waals surface area contributed by atoms with Gasteiger partial charge in [-0.3, -0.25) is 0 Å². The number of nitrogens with zero attached hydrogens (tertiary/aromatic N) is 2. The van der Waals surface area contributed by atoms with Crippen LogP contribution < -0.4 is 0 Å². The summed E-state index contributed by atoms with van der Waals surface area (Å²) >= 11 is 0. The van der Waals surface area contributed by atoms with Gasteiger partial charge in [0, 0.05) is 26.2 Å². The number of amides is 2. The Morgan fingerprint density at radius 3 is 2.50 bits per heavy atom. The van der Waals surface area contributed by atoms with E-state index in [2.05, 4.69) is 19.1 Å². The molecule has 1 heterocycles. The highest BCUT2D eigenvalue weighted by molar-refractivity contribution is 5.76. The van der Waals surface area contributed by atoms with Crippen LogP contribution in [0.1, 0.15) is 18.9 Å². The molecular weight excluding hydrogens is 200 g/mol. The third-order valence-corrected chi connectivity index (χ3v) is 2.89. The molecule has 0 atom stereocenters. The molecule has 86 valence electrons. The van der Waals surface area contributed by atoms with E-state index in [9.17, 15) is 4.79 Å². The molecule has 1 aliphatic heterocycles. The van der Waals surface area contributed by atoms with E-state index in [4.69, 9.17) is 0 Å². The van der Waals surface area contributed by atoms with Gasteiger partial charge in [-0.05, 0) is 12.0 Å². The second kappa shape index (κ2) is 5.01. The Hall–Kier alpha value is -1.51. The molecule has 3 heteroatoms. The van der Waals surface area contributed by atoms with Crippen molar-refractivity contribution in [2.75, 3.05) is 19.6 Å². The first-order chi connectivity index (χ1) is 7.81. The van der Waals surface area contributed by atoms with Gasteiger partial charge in [0.15, 0.2) is 0 Å². The van der Waals surface area contributed by atoms with Crippen molar-refractivity contribution in [3.05, 3.63) is 35.9 Å². The number of benzene rings is 1. The number of carbonyl (C=O) groups excluding carboxylic acids is 1. The highest BCUT2D eigenvalue weighted by Gasteiger charge is 2.27. The minimum absolute atomic E-state index is 0.186. The van der Waals surface area contributed by atoms with Gasteiger partial charge in [0.05, 0.1) is 0 Å². The van der Waals surface area contributed by atoms with Crippen LogP contribution in [0.3, 0.4) is 0 Å². The molecule has 0 bridgehead atoms. The summed E-state index contributed by atoms with van der Waals surface area (Å²) in [6.07, 6.45) is 1.03. The highest BCUT2D eigenvalue weighted by Crippen LogP contribution is 2.13. The van der Waals surface area contributed by atoms with Crippen LogP contribution in [-0.2, 0) is 6.54 Å². The van der Waals surface area contributed by atoms with Crippen molar-refractivity contribution < 1.29 is 4.79 Å². The maximum absolute atomic E-state index is 12.0. The van der Waals surface area contributed by atoms with Crippen LogP contribution >= 0.6 is 0 Å². The lowest BCUT2D eigenvalue weighted by Crippen LogP contribution is -2.31. The molecule has 1 aromatic rings. The fourth-order valence-corrected chi connectivity index (χ4v) is 2.06. The van der Waals surface area contributed by atoms with E-state index in [0.29, 0.717) is 0 Å². The van der Waals surface area contributed by atoms with Crippen LogP contribution in [0.5, 0.6) is 0 Å². The second-order valence-electron chi connectivity index (χ2n) is 4.18. The number of carbonyl (C=O) groups is 1. The summed E-state index contributed by atoms with van der Waals surface area (Å²) in [5.74, 6) is 0. The van der Waals surface area contributed by atoms with E-state index >= 15 is 0 Å². The standard InChI is InChI=1S/C13H18N2O/c1-2-8-14-9-10-15(13(14)16)11-12-6-4-3-5-7-12/h3-7H,2,8-11H2,1H3. The molecule has 1 fully saturated rings. The van der Waals surface area contributed by atoms with Gasteiger partial charge >= 0.3 is 6.03 Å². The number of rotatable bonds is 4. The van der Waals surface area contributed by atoms with Crippen LogP contribution in [0.25, 0.3) is 0 Å². The van der Waals surface area contributed by atoms with Crippen molar-refractivity contribution in [3.8, 4) is 0 Å². The van der Waals surface area contributed by atoms with Crippen molar-refractivity contribution in [2.24, 2.45) is 0 Å². The van der Waals surface area contributed by atoms with Gasteiger partial charge in [-0.15, -0.1) is 0 Å². The van der Waals surface area contributed by atoms with Crippen LogP contribution in [0.15, 0.2) is 30.3 Å². The van der Waals surface area contributed by atoms with Crippen molar-refractivity contribution in [1.82, 2.24) is 9.80 Å². The molecule has 0 spiro atoms. The predicted octanol–water partition coefficient (Wildman–Crippen LogP) is 2.33.